The molecule has 0 unspecified atom stereocenters. The summed E-state index contributed by atoms with van der Waals surface area (Å²) in [7, 11) is 0. The zero-order valence-corrected chi connectivity index (χ0v) is 18.1. The summed E-state index contributed by atoms with van der Waals surface area (Å²) in [5.41, 5.74) is 0.931. The fourth-order valence-corrected chi connectivity index (χ4v) is 5.01. The zero-order chi connectivity index (χ0) is 22.1. The SMILES string of the molecule is N#CC(F)=CC=CCCC1CCC(C=CC2CCC(c3ccc(F)c(F)c3)CC2)CC1. The van der Waals surface area contributed by atoms with Crippen molar-refractivity contribution in [3.05, 3.63) is 71.6 Å². The van der Waals surface area contributed by atoms with Crippen LogP contribution in [0.25, 0.3) is 0 Å². The standard InChI is InChI=1S/C27H32F3N/c28-25(19-31)5-3-1-2-4-20-6-8-21(9-7-20)10-11-22-12-14-23(15-13-22)24-16-17-26(29)27(30)18-24/h1,3,5,10-11,16-18,20-23H,2,4,6-9,12-15H2. The Morgan fingerprint density at radius 1 is 0.935 bits per heavy atom. The van der Waals surface area contributed by atoms with Gasteiger partial charge in [-0.05, 0) is 112 Å². The van der Waals surface area contributed by atoms with Crippen LogP contribution in [0.5, 0.6) is 0 Å². The second-order valence-corrected chi connectivity index (χ2v) is 9.08. The van der Waals surface area contributed by atoms with Crippen molar-refractivity contribution < 1.29 is 13.2 Å². The molecule has 2 fully saturated rings. The Morgan fingerprint density at radius 3 is 2.19 bits per heavy atom. The van der Waals surface area contributed by atoms with Gasteiger partial charge < -0.3 is 0 Å². The summed E-state index contributed by atoms with van der Waals surface area (Å²) < 4.78 is 39.3. The lowest BCUT2D eigenvalue weighted by Gasteiger charge is -2.29. The highest BCUT2D eigenvalue weighted by atomic mass is 19.2. The van der Waals surface area contributed by atoms with Crippen molar-refractivity contribution in [1.82, 2.24) is 0 Å². The first-order valence-electron chi connectivity index (χ1n) is 11.6. The molecule has 2 saturated carbocycles. The summed E-state index contributed by atoms with van der Waals surface area (Å²) in [5.74, 6) is 0.100. The van der Waals surface area contributed by atoms with Gasteiger partial charge in [-0.3, -0.25) is 0 Å². The van der Waals surface area contributed by atoms with E-state index in [4.69, 9.17) is 5.26 Å². The van der Waals surface area contributed by atoms with Crippen molar-refractivity contribution in [3.63, 3.8) is 0 Å². The highest BCUT2D eigenvalue weighted by Gasteiger charge is 2.23. The van der Waals surface area contributed by atoms with Crippen LogP contribution in [0.15, 0.2) is 54.4 Å². The van der Waals surface area contributed by atoms with Gasteiger partial charge in [-0.15, -0.1) is 0 Å². The third-order valence-corrected chi connectivity index (χ3v) is 6.96. The predicted molar refractivity (Wildman–Crippen MR) is 119 cm³/mol. The van der Waals surface area contributed by atoms with Crippen molar-refractivity contribution in [2.45, 2.75) is 70.1 Å². The Hall–Kier alpha value is -2.28. The van der Waals surface area contributed by atoms with Gasteiger partial charge in [-0.2, -0.15) is 9.65 Å². The van der Waals surface area contributed by atoms with Gasteiger partial charge in [-0.1, -0.05) is 30.4 Å². The second kappa shape index (κ2) is 11.9. The number of allylic oxidation sites excluding steroid dienone is 6. The van der Waals surface area contributed by atoms with Gasteiger partial charge in [0.15, 0.2) is 17.5 Å². The van der Waals surface area contributed by atoms with Gasteiger partial charge in [0.1, 0.15) is 6.07 Å². The van der Waals surface area contributed by atoms with E-state index < -0.39 is 17.5 Å². The van der Waals surface area contributed by atoms with Crippen LogP contribution < -0.4 is 0 Å². The van der Waals surface area contributed by atoms with E-state index in [0.29, 0.717) is 17.8 Å². The minimum Gasteiger partial charge on any atom is -0.204 e. The van der Waals surface area contributed by atoms with Crippen LogP contribution in [-0.2, 0) is 0 Å². The largest absolute Gasteiger partial charge is 0.204 e. The molecule has 2 aliphatic carbocycles. The van der Waals surface area contributed by atoms with Crippen LogP contribution in [0.1, 0.15) is 75.7 Å². The number of nitrogens with zero attached hydrogens (tertiary/aromatic N) is 1. The van der Waals surface area contributed by atoms with E-state index in [9.17, 15) is 13.2 Å². The Balaban J connectivity index is 1.34. The third-order valence-electron chi connectivity index (χ3n) is 6.96. The number of hydrogen-bond donors (Lipinski definition) is 0. The minimum absolute atomic E-state index is 0.344. The number of hydrogen-bond acceptors (Lipinski definition) is 1. The number of rotatable bonds is 7. The minimum atomic E-state index is -0.769. The molecule has 166 valence electrons. The highest BCUT2D eigenvalue weighted by Crippen LogP contribution is 2.38. The molecular weight excluding hydrogens is 395 g/mol. The van der Waals surface area contributed by atoms with E-state index >= 15 is 0 Å². The van der Waals surface area contributed by atoms with Gasteiger partial charge in [-0.25, -0.2) is 8.78 Å². The van der Waals surface area contributed by atoms with E-state index in [1.165, 1.54) is 50.0 Å². The maximum Gasteiger partial charge on any atom is 0.199 e. The molecule has 2 aliphatic rings. The first-order valence-corrected chi connectivity index (χ1v) is 11.6. The summed E-state index contributed by atoms with van der Waals surface area (Å²) in [5, 5.41) is 8.37. The average Bonchev–Trinajstić information content (AvgIpc) is 2.80. The van der Waals surface area contributed by atoms with Crippen LogP contribution in [0.4, 0.5) is 13.2 Å². The lowest BCUT2D eigenvalue weighted by atomic mass is 9.77. The van der Waals surface area contributed by atoms with Crippen molar-refractivity contribution in [2.75, 3.05) is 0 Å². The zero-order valence-electron chi connectivity index (χ0n) is 18.1. The summed E-state index contributed by atoms with van der Waals surface area (Å²) in [6.07, 6.45) is 20.9. The van der Waals surface area contributed by atoms with Gasteiger partial charge >= 0.3 is 0 Å². The first-order chi connectivity index (χ1) is 15.0. The summed E-state index contributed by atoms with van der Waals surface area (Å²) in [6.45, 7) is 0. The molecule has 3 rings (SSSR count). The monoisotopic (exact) mass is 427 g/mol. The molecule has 0 amide bonds. The van der Waals surface area contributed by atoms with Gasteiger partial charge in [0.05, 0.1) is 0 Å². The summed E-state index contributed by atoms with van der Waals surface area (Å²) in [4.78, 5) is 0. The molecule has 0 bridgehead atoms. The number of benzene rings is 1. The van der Waals surface area contributed by atoms with E-state index in [2.05, 4.69) is 12.2 Å². The maximum atomic E-state index is 13.5. The van der Waals surface area contributed by atoms with Crippen molar-refractivity contribution >= 4 is 0 Å². The Labute approximate surface area is 184 Å². The average molecular weight is 428 g/mol. The topological polar surface area (TPSA) is 23.8 Å². The molecule has 0 saturated heterocycles. The molecule has 0 aliphatic heterocycles. The molecule has 0 heterocycles. The van der Waals surface area contributed by atoms with Crippen LogP contribution in [0.2, 0.25) is 0 Å². The van der Waals surface area contributed by atoms with E-state index in [1.807, 2.05) is 6.08 Å². The van der Waals surface area contributed by atoms with Crippen LogP contribution in [0.3, 0.4) is 0 Å². The van der Waals surface area contributed by atoms with Crippen LogP contribution in [-0.4, -0.2) is 0 Å². The van der Waals surface area contributed by atoms with Crippen LogP contribution >= 0.6 is 0 Å². The van der Waals surface area contributed by atoms with Crippen molar-refractivity contribution in [1.29, 1.82) is 5.26 Å². The highest BCUT2D eigenvalue weighted by molar-refractivity contribution is 5.22. The normalized spacial score (nSPS) is 27.6. The maximum absolute atomic E-state index is 13.5. The molecule has 1 nitrogen and oxygen atoms in total. The van der Waals surface area contributed by atoms with Crippen molar-refractivity contribution in [3.8, 4) is 6.07 Å². The van der Waals surface area contributed by atoms with Gasteiger partial charge in [0.25, 0.3) is 0 Å². The molecule has 1 aromatic carbocycles. The molecular formula is C27H32F3N. The fourth-order valence-electron chi connectivity index (χ4n) is 5.01. The number of halogens is 3. The molecule has 0 N–H and O–H groups in total. The lowest BCUT2D eigenvalue weighted by molar-refractivity contribution is 0.295. The Morgan fingerprint density at radius 2 is 1.58 bits per heavy atom. The Kier molecular flexibility index (Phi) is 9.00. The molecule has 1 aromatic rings. The van der Waals surface area contributed by atoms with Gasteiger partial charge in [0.2, 0.25) is 0 Å². The van der Waals surface area contributed by atoms with Crippen molar-refractivity contribution in [2.24, 2.45) is 17.8 Å². The number of nitriles is 1. The quantitative estimate of drug-likeness (QED) is 0.244. The fraction of sp³-hybridized carbons (Fsp3) is 0.519. The van der Waals surface area contributed by atoms with E-state index in [0.717, 1.165) is 50.0 Å². The van der Waals surface area contributed by atoms with E-state index in [-0.39, 0.29) is 0 Å². The summed E-state index contributed by atoms with van der Waals surface area (Å²) in [6, 6.07) is 5.81. The predicted octanol–water partition coefficient (Wildman–Crippen LogP) is 8.31. The molecule has 0 radical (unpaired) electrons. The van der Waals surface area contributed by atoms with E-state index in [1.54, 1.807) is 12.1 Å². The van der Waals surface area contributed by atoms with Gasteiger partial charge in [0, 0.05) is 0 Å². The lowest BCUT2D eigenvalue weighted by Crippen LogP contribution is -2.14. The molecule has 0 spiro atoms. The first kappa shape index (κ1) is 23.4. The third kappa shape index (κ3) is 7.42. The summed E-state index contributed by atoms with van der Waals surface area (Å²) >= 11 is 0. The smallest absolute Gasteiger partial charge is 0.199 e. The molecule has 0 aromatic heterocycles. The molecule has 0 atom stereocenters. The molecule has 4 heteroatoms. The molecule has 31 heavy (non-hydrogen) atoms. The van der Waals surface area contributed by atoms with Crippen LogP contribution in [0, 0.1) is 40.7 Å². The Bertz CT molecular complexity index is 833. The second-order valence-electron chi connectivity index (χ2n) is 9.08.